The molecule has 116 valence electrons. The van der Waals surface area contributed by atoms with E-state index < -0.39 is 18.1 Å². The Bertz CT molecular complexity index is 345. The first-order valence-corrected chi connectivity index (χ1v) is 6.81. The molecule has 20 heavy (non-hydrogen) atoms. The van der Waals surface area contributed by atoms with Crippen molar-refractivity contribution in [3.05, 3.63) is 0 Å². The Balaban J connectivity index is 4.32. The second kappa shape index (κ2) is 9.30. The SMILES string of the molecule is CN[C@@H](CCCNC(N)=O)C(=O)N[C@H](C(C)=O)C(C)C. The summed E-state index contributed by atoms with van der Waals surface area (Å²) in [7, 11) is 1.68. The minimum Gasteiger partial charge on any atom is -0.352 e. The number of ketones is 1. The third-order valence-corrected chi connectivity index (χ3v) is 3.04. The molecule has 0 bridgehead atoms. The van der Waals surface area contributed by atoms with Crippen molar-refractivity contribution in [3.8, 4) is 0 Å². The zero-order valence-electron chi connectivity index (χ0n) is 12.7. The lowest BCUT2D eigenvalue weighted by molar-refractivity contribution is -0.129. The first-order chi connectivity index (χ1) is 9.29. The summed E-state index contributed by atoms with van der Waals surface area (Å²) in [6, 6.07) is -1.45. The van der Waals surface area contributed by atoms with E-state index in [9.17, 15) is 14.4 Å². The molecular formula is C13H26N4O3. The maximum atomic E-state index is 12.1. The van der Waals surface area contributed by atoms with E-state index >= 15 is 0 Å². The Morgan fingerprint density at radius 2 is 1.80 bits per heavy atom. The number of rotatable bonds is 9. The number of nitrogens with one attached hydrogen (secondary N) is 3. The minimum atomic E-state index is -0.577. The maximum Gasteiger partial charge on any atom is 0.312 e. The number of carbonyl (C=O) groups is 3. The fourth-order valence-corrected chi connectivity index (χ4v) is 1.92. The summed E-state index contributed by atoms with van der Waals surface area (Å²) in [5, 5.41) is 8.13. The molecule has 7 nitrogen and oxygen atoms in total. The highest BCUT2D eigenvalue weighted by Gasteiger charge is 2.24. The lowest BCUT2D eigenvalue weighted by atomic mass is 10.00. The van der Waals surface area contributed by atoms with Crippen molar-refractivity contribution in [1.82, 2.24) is 16.0 Å². The van der Waals surface area contributed by atoms with Gasteiger partial charge in [0.15, 0.2) is 5.78 Å². The van der Waals surface area contributed by atoms with Crippen molar-refractivity contribution in [3.63, 3.8) is 0 Å². The number of hydrogen-bond donors (Lipinski definition) is 4. The second-order valence-corrected chi connectivity index (χ2v) is 5.12. The first kappa shape index (κ1) is 18.4. The van der Waals surface area contributed by atoms with E-state index in [1.54, 1.807) is 7.05 Å². The fraction of sp³-hybridized carbons (Fsp3) is 0.769. The monoisotopic (exact) mass is 286 g/mol. The molecule has 0 aliphatic carbocycles. The average molecular weight is 286 g/mol. The third-order valence-electron chi connectivity index (χ3n) is 3.04. The van der Waals surface area contributed by atoms with Crippen LogP contribution in [0.5, 0.6) is 0 Å². The van der Waals surface area contributed by atoms with Crippen LogP contribution in [0.25, 0.3) is 0 Å². The smallest absolute Gasteiger partial charge is 0.312 e. The van der Waals surface area contributed by atoms with Gasteiger partial charge >= 0.3 is 6.03 Å². The van der Waals surface area contributed by atoms with Crippen LogP contribution in [-0.4, -0.2) is 43.4 Å². The summed E-state index contributed by atoms with van der Waals surface area (Å²) >= 11 is 0. The molecule has 0 aliphatic heterocycles. The minimum absolute atomic E-state index is 0.0467. The molecule has 0 spiro atoms. The second-order valence-electron chi connectivity index (χ2n) is 5.12. The van der Waals surface area contributed by atoms with Gasteiger partial charge in [-0.15, -0.1) is 0 Å². The third kappa shape index (κ3) is 7.08. The number of nitrogens with two attached hydrogens (primary N) is 1. The summed E-state index contributed by atoms with van der Waals surface area (Å²) < 4.78 is 0. The Hall–Kier alpha value is -1.63. The number of primary amides is 1. The van der Waals surface area contributed by atoms with Crippen molar-refractivity contribution >= 4 is 17.7 Å². The van der Waals surface area contributed by atoms with Crippen molar-refractivity contribution in [2.75, 3.05) is 13.6 Å². The van der Waals surface area contributed by atoms with E-state index in [1.807, 2.05) is 13.8 Å². The molecular weight excluding hydrogens is 260 g/mol. The Morgan fingerprint density at radius 3 is 2.20 bits per heavy atom. The highest BCUT2D eigenvalue weighted by atomic mass is 16.2. The quantitative estimate of drug-likeness (QED) is 0.438. The summed E-state index contributed by atoms with van der Waals surface area (Å²) in [6.45, 7) is 5.66. The summed E-state index contributed by atoms with van der Waals surface area (Å²) in [6.07, 6.45) is 1.17. The van der Waals surface area contributed by atoms with Crippen LogP contribution in [0.4, 0.5) is 4.79 Å². The predicted molar refractivity (Wildman–Crippen MR) is 77.1 cm³/mol. The molecule has 0 aliphatic rings. The van der Waals surface area contributed by atoms with E-state index in [-0.39, 0.29) is 17.6 Å². The van der Waals surface area contributed by atoms with Gasteiger partial charge in [0.05, 0.1) is 12.1 Å². The highest BCUT2D eigenvalue weighted by Crippen LogP contribution is 2.04. The van der Waals surface area contributed by atoms with Crippen molar-refractivity contribution in [2.45, 2.75) is 45.7 Å². The van der Waals surface area contributed by atoms with E-state index in [0.717, 1.165) is 0 Å². The van der Waals surface area contributed by atoms with Gasteiger partial charge < -0.3 is 21.7 Å². The molecule has 0 heterocycles. The van der Waals surface area contributed by atoms with Crippen LogP contribution < -0.4 is 21.7 Å². The fourth-order valence-electron chi connectivity index (χ4n) is 1.92. The first-order valence-electron chi connectivity index (χ1n) is 6.81. The van der Waals surface area contributed by atoms with Crippen LogP contribution in [0.2, 0.25) is 0 Å². The number of carbonyl (C=O) groups excluding carboxylic acids is 3. The van der Waals surface area contributed by atoms with E-state index in [4.69, 9.17) is 5.73 Å². The summed E-state index contributed by atoms with van der Waals surface area (Å²) in [4.78, 5) is 34.1. The van der Waals surface area contributed by atoms with Crippen LogP contribution >= 0.6 is 0 Å². The van der Waals surface area contributed by atoms with Gasteiger partial charge in [0.2, 0.25) is 5.91 Å². The topological polar surface area (TPSA) is 113 Å². The number of amides is 3. The molecule has 0 unspecified atom stereocenters. The highest BCUT2D eigenvalue weighted by molar-refractivity contribution is 5.89. The Labute approximate surface area is 120 Å². The summed E-state index contributed by atoms with van der Waals surface area (Å²) in [5.74, 6) is -0.218. The van der Waals surface area contributed by atoms with E-state index in [0.29, 0.717) is 19.4 Å². The van der Waals surface area contributed by atoms with Gasteiger partial charge in [0.25, 0.3) is 0 Å². The normalized spacial score (nSPS) is 13.7. The van der Waals surface area contributed by atoms with Gasteiger partial charge in [0, 0.05) is 6.54 Å². The predicted octanol–water partition coefficient (Wildman–Crippen LogP) is -0.247. The van der Waals surface area contributed by atoms with Crippen LogP contribution in [0, 0.1) is 5.92 Å². The van der Waals surface area contributed by atoms with Gasteiger partial charge in [-0.25, -0.2) is 4.79 Å². The van der Waals surface area contributed by atoms with E-state index in [1.165, 1.54) is 6.92 Å². The average Bonchev–Trinajstić information content (AvgIpc) is 2.34. The molecule has 0 saturated carbocycles. The van der Waals surface area contributed by atoms with Crippen molar-refractivity contribution in [2.24, 2.45) is 11.7 Å². The number of urea groups is 1. The van der Waals surface area contributed by atoms with Crippen LogP contribution in [0.15, 0.2) is 0 Å². The molecule has 0 radical (unpaired) electrons. The lowest BCUT2D eigenvalue weighted by Gasteiger charge is -2.23. The van der Waals surface area contributed by atoms with Crippen LogP contribution in [0.3, 0.4) is 0 Å². The molecule has 2 atom stereocenters. The molecule has 0 aromatic heterocycles. The van der Waals surface area contributed by atoms with Gasteiger partial charge in [-0.1, -0.05) is 13.8 Å². The Kier molecular flexibility index (Phi) is 8.54. The molecule has 3 amide bonds. The van der Waals surface area contributed by atoms with E-state index in [2.05, 4.69) is 16.0 Å². The zero-order valence-corrected chi connectivity index (χ0v) is 12.7. The molecule has 0 aromatic carbocycles. The van der Waals surface area contributed by atoms with Gasteiger partial charge in [-0.2, -0.15) is 0 Å². The molecule has 0 aromatic rings. The van der Waals surface area contributed by atoms with Gasteiger partial charge in [0.1, 0.15) is 0 Å². The van der Waals surface area contributed by atoms with Gasteiger partial charge in [-0.05, 0) is 32.7 Å². The lowest BCUT2D eigenvalue weighted by Crippen LogP contribution is -2.51. The zero-order chi connectivity index (χ0) is 15.7. The van der Waals surface area contributed by atoms with Crippen LogP contribution in [-0.2, 0) is 9.59 Å². The molecule has 0 fully saturated rings. The Morgan fingerprint density at radius 1 is 1.20 bits per heavy atom. The molecule has 7 heteroatoms. The summed E-state index contributed by atoms with van der Waals surface area (Å²) in [5.41, 5.74) is 4.95. The number of hydrogen-bond acceptors (Lipinski definition) is 4. The largest absolute Gasteiger partial charge is 0.352 e. The maximum absolute atomic E-state index is 12.1. The number of likely N-dealkylation sites (N-methyl/N-ethyl adjacent to an activating group) is 1. The van der Waals surface area contributed by atoms with Gasteiger partial charge in [-0.3, -0.25) is 9.59 Å². The van der Waals surface area contributed by atoms with Crippen LogP contribution in [0.1, 0.15) is 33.6 Å². The van der Waals surface area contributed by atoms with Crippen molar-refractivity contribution < 1.29 is 14.4 Å². The standard InChI is InChI=1S/C13H26N4O3/c1-8(2)11(9(3)18)17-12(19)10(15-4)6-5-7-16-13(14)20/h8,10-11,15H,5-7H2,1-4H3,(H,17,19)(H3,14,16,20)/t10-,11-/m0/s1. The molecule has 0 rings (SSSR count). The molecule has 0 saturated heterocycles. The number of Topliss-reactive ketones (excluding diaryl/α,β-unsaturated/α-hetero) is 1. The molecule has 5 N–H and O–H groups in total. The van der Waals surface area contributed by atoms with Crippen molar-refractivity contribution in [1.29, 1.82) is 0 Å².